The summed E-state index contributed by atoms with van der Waals surface area (Å²) >= 11 is 0. The molecule has 116 valence electrons. The van der Waals surface area contributed by atoms with Crippen LogP contribution in [0.1, 0.15) is 54.4 Å². The van der Waals surface area contributed by atoms with E-state index in [1.807, 2.05) is 34.6 Å². The molecule has 1 heterocycles. The zero-order valence-corrected chi connectivity index (χ0v) is 13.8. The average Bonchev–Trinajstić information content (AvgIpc) is 2.78. The molecule has 0 radical (unpaired) electrons. The molecule has 0 aromatic heterocycles. The molecular formula is C16H30N2O2. The van der Waals surface area contributed by atoms with Crippen molar-refractivity contribution in [1.29, 1.82) is 0 Å². The van der Waals surface area contributed by atoms with Crippen molar-refractivity contribution >= 4 is 11.7 Å². The second kappa shape index (κ2) is 6.25. The van der Waals surface area contributed by atoms with Gasteiger partial charge in [0.05, 0.1) is 12.1 Å². The van der Waals surface area contributed by atoms with Crippen molar-refractivity contribution in [3.63, 3.8) is 0 Å². The predicted molar refractivity (Wildman–Crippen MR) is 81.2 cm³/mol. The van der Waals surface area contributed by atoms with Crippen LogP contribution in [0.15, 0.2) is 0 Å². The second-order valence-corrected chi connectivity index (χ2v) is 7.33. The molecule has 1 saturated heterocycles. The monoisotopic (exact) mass is 282 g/mol. The van der Waals surface area contributed by atoms with E-state index in [0.29, 0.717) is 6.54 Å². The molecule has 0 aliphatic carbocycles. The summed E-state index contributed by atoms with van der Waals surface area (Å²) in [7, 11) is 0. The number of nitrogens with two attached hydrogens (primary N) is 1. The third-order valence-corrected chi connectivity index (χ3v) is 4.39. The van der Waals surface area contributed by atoms with Gasteiger partial charge in [0.2, 0.25) is 5.91 Å². The molecule has 20 heavy (non-hydrogen) atoms. The fourth-order valence-electron chi connectivity index (χ4n) is 2.81. The number of nitrogens with zero attached hydrogens (tertiary/aromatic N) is 1. The van der Waals surface area contributed by atoms with Crippen molar-refractivity contribution in [2.45, 2.75) is 66.5 Å². The van der Waals surface area contributed by atoms with E-state index in [9.17, 15) is 9.59 Å². The normalized spacial score (nSPS) is 25.1. The Morgan fingerprint density at radius 1 is 1.30 bits per heavy atom. The van der Waals surface area contributed by atoms with Crippen molar-refractivity contribution in [1.82, 2.24) is 4.90 Å². The van der Waals surface area contributed by atoms with Gasteiger partial charge in [0.15, 0.2) is 5.78 Å². The first-order valence-corrected chi connectivity index (χ1v) is 7.71. The number of Topliss-reactive ketones (excluding diaryl/α,β-unsaturated/α-hetero) is 1. The molecule has 4 heteroatoms. The lowest BCUT2D eigenvalue weighted by Gasteiger charge is -2.34. The summed E-state index contributed by atoms with van der Waals surface area (Å²) in [5.41, 5.74) is 5.81. The van der Waals surface area contributed by atoms with Gasteiger partial charge in [-0.1, -0.05) is 48.0 Å². The molecule has 0 saturated carbocycles. The van der Waals surface area contributed by atoms with E-state index in [-0.39, 0.29) is 35.0 Å². The van der Waals surface area contributed by atoms with Gasteiger partial charge >= 0.3 is 0 Å². The molecule has 0 spiro atoms. The standard InChI is InChI=1S/C16H30N2O2/c1-7-11-8-9-18(12(11)13(19)10(2)3)15(20)14(17)16(4,5)6/h10-12,14H,7-9,17H2,1-6H3. The predicted octanol–water partition coefficient (Wildman–Crippen LogP) is 2.21. The molecule has 2 N–H and O–H groups in total. The molecular weight excluding hydrogens is 252 g/mol. The van der Waals surface area contributed by atoms with Gasteiger partial charge in [0.1, 0.15) is 0 Å². The van der Waals surface area contributed by atoms with Crippen molar-refractivity contribution in [2.24, 2.45) is 23.0 Å². The van der Waals surface area contributed by atoms with Gasteiger partial charge in [-0.25, -0.2) is 0 Å². The van der Waals surface area contributed by atoms with E-state index in [4.69, 9.17) is 5.73 Å². The van der Waals surface area contributed by atoms with Crippen LogP contribution in [-0.2, 0) is 9.59 Å². The van der Waals surface area contributed by atoms with E-state index in [0.717, 1.165) is 12.8 Å². The fourth-order valence-corrected chi connectivity index (χ4v) is 2.81. The maximum absolute atomic E-state index is 12.6. The number of hydrogen-bond acceptors (Lipinski definition) is 3. The molecule has 4 nitrogen and oxygen atoms in total. The Balaban J connectivity index is 2.98. The summed E-state index contributed by atoms with van der Waals surface area (Å²) in [6, 6.07) is -0.832. The van der Waals surface area contributed by atoms with E-state index in [1.54, 1.807) is 4.90 Å². The number of ketones is 1. The molecule has 1 rings (SSSR count). The lowest BCUT2D eigenvalue weighted by atomic mass is 9.85. The van der Waals surface area contributed by atoms with E-state index in [1.165, 1.54) is 0 Å². The number of carbonyl (C=O) groups is 2. The number of carbonyl (C=O) groups excluding carboxylic acids is 2. The van der Waals surface area contributed by atoms with Crippen LogP contribution in [0.4, 0.5) is 0 Å². The highest BCUT2D eigenvalue weighted by Gasteiger charge is 2.44. The van der Waals surface area contributed by atoms with Crippen molar-refractivity contribution in [2.75, 3.05) is 6.54 Å². The van der Waals surface area contributed by atoms with E-state index >= 15 is 0 Å². The van der Waals surface area contributed by atoms with Gasteiger partial charge in [-0.2, -0.15) is 0 Å². The summed E-state index contributed by atoms with van der Waals surface area (Å²) in [5.74, 6) is 0.325. The largest absolute Gasteiger partial charge is 0.331 e. The molecule has 3 atom stereocenters. The van der Waals surface area contributed by atoms with Crippen LogP contribution in [-0.4, -0.2) is 35.2 Å². The van der Waals surface area contributed by atoms with Gasteiger partial charge in [0.25, 0.3) is 0 Å². The van der Waals surface area contributed by atoms with Crippen molar-refractivity contribution in [3.05, 3.63) is 0 Å². The SMILES string of the molecule is CCC1CCN(C(=O)C(N)C(C)(C)C)C1C(=O)C(C)C. The number of likely N-dealkylation sites (tertiary alicyclic amines) is 1. The van der Waals surface area contributed by atoms with Gasteiger partial charge < -0.3 is 10.6 Å². The summed E-state index contributed by atoms with van der Waals surface area (Å²) in [4.78, 5) is 26.8. The van der Waals surface area contributed by atoms with Crippen LogP contribution in [0.3, 0.4) is 0 Å². The third-order valence-electron chi connectivity index (χ3n) is 4.39. The smallest absolute Gasteiger partial charge is 0.240 e. The maximum Gasteiger partial charge on any atom is 0.240 e. The van der Waals surface area contributed by atoms with Gasteiger partial charge in [0, 0.05) is 12.5 Å². The van der Waals surface area contributed by atoms with Crippen LogP contribution >= 0.6 is 0 Å². The summed E-state index contributed by atoms with van der Waals surface area (Å²) < 4.78 is 0. The first-order chi connectivity index (χ1) is 9.11. The van der Waals surface area contributed by atoms with Gasteiger partial charge in [-0.3, -0.25) is 9.59 Å². The molecule has 1 amide bonds. The first kappa shape index (κ1) is 17.2. The minimum Gasteiger partial charge on any atom is -0.331 e. The Bertz CT molecular complexity index is 371. The first-order valence-electron chi connectivity index (χ1n) is 7.71. The van der Waals surface area contributed by atoms with Crippen molar-refractivity contribution < 1.29 is 9.59 Å². The van der Waals surface area contributed by atoms with Gasteiger partial charge in [-0.15, -0.1) is 0 Å². The van der Waals surface area contributed by atoms with Crippen LogP contribution in [0.2, 0.25) is 0 Å². The molecule has 0 aromatic rings. The molecule has 0 bridgehead atoms. The number of rotatable bonds is 4. The molecule has 0 aromatic carbocycles. The van der Waals surface area contributed by atoms with Crippen molar-refractivity contribution in [3.8, 4) is 0 Å². The minimum atomic E-state index is -0.555. The quantitative estimate of drug-likeness (QED) is 0.860. The number of amides is 1. The molecule has 3 unspecified atom stereocenters. The minimum absolute atomic E-state index is 0.0479. The Kier molecular flexibility index (Phi) is 5.36. The Morgan fingerprint density at radius 3 is 2.25 bits per heavy atom. The van der Waals surface area contributed by atoms with Crippen LogP contribution in [0.5, 0.6) is 0 Å². The topological polar surface area (TPSA) is 63.4 Å². The number of hydrogen-bond donors (Lipinski definition) is 1. The highest BCUT2D eigenvalue weighted by Crippen LogP contribution is 2.31. The summed E-state index contributed by atoms with van der Waals surface area (Å²) in [5, 5.41) is 0. The third kappa shape index (κ3) is 3.40. The highest BCUT2D eigenvalue weighted by molar-refractivity contribution is 5.92. The van der Waals surface area contributed by atoms with Crippen LogP contribution in [0, 0.1) is 17.3 Å². The highest BCUT2D eigenvalue weighted by atomic mass is 16.2. The van der Waals surface area contributed by atoms with Crippen LogP contribution < -0.4 is 5.73 Å². The Morgan fingerprint density at radius 2 is 1.85 bits per heavy atom. The van der Waals surface area contributed by atoms with E-state index in [2.05, 4.69) is 6.92 Å². The lowest BCUT2D eigenvalue weighted by Crippen LogP contribution is -2.54. The second-order valence-electron chi connectivity index (χ2n) is 7.33. The van der Waals surface area contributed by atoms with E-state index < -0.39 is 6.04 Å². The molecule has 1 aliphatic heterocycles. The fraction of sp³-hybridized carbons (Fsp3) is 0.875. The Hall–Kier alpha value is -0.900. The lowest BCUT2D eigenvalue weighted by molar-refractivity contribution is -0.142. The van der Waals surface area contributed by atoms with Gasteiger partial charge in [-0.05, 0) is 17.8 Å². The molecule has 1 aliphatic rings. The zero-order chi connectivity index (χ0) is 15.7. The average molecular weight is 282 g/mol. The maximum atomic E-state index is 12.6. The molecule has 1 fully saturated rings. The summed E-state index contributed by atoms with van der Waals surface area (Å²) in [6.45, 7) is 12.4. The Labute approximate surface area is 123 Å². The van der Waals surface area contributed by atoms with Crippen LogP contribution in [0.25, 0.3) is 0 Å². The summed E-state index contributed by atoms with van der Waals surface area (Å²) in [6.07, 6.45) is 1.83. The zero-order valence-electron chi connectivity index (χ0n) is 13.8.